The van der Waals surface area contributed by atoms with E-state index in [-0.39, 0.29) is 5.82 Å². The normalized spacial score (nSPS) is 10.8. The molecule has 2 rings (SSSR count). The van der Waals surface area contributed by atoms with Crippen LogP contribution in [0.4, 0.5) is 4.39 Å². The van der Waals surface area contributed by atoms with Gasteiger partial charge < -0.3 is 5.32 Å². The van der Waals surface area contributed by atoms with Crippen LogP contribution in [0.5, 0.6) is 0 Å². The van der Waals surface area contributed by atoms with Gasteiger partial charge in [0.25, 0.3) is 0 Å². The lowest BCUT2D eigenvalue weighted by atomic mass is 10.0. The molecule has 0 fully saturated rings. The summed E-state index contributed by atoms with van der Waals surface area (Å²) < 4.78 is 13.5. The van der Waals surface area contributed by atoms with Crippen LogP contribution in [0.1, 0.15) is 42.7 Å². The van der Waals surface area contributed by atoms with Crippen LogP contribution in [0.3, 0.4) is 0 Å². The molecule has 0 spiro atoms. The number of hydrogen-bond acceptors (Lipinski definition) is 2. The minimum atomic E-state index is -0.186. The highest BCUT2D eigenvalue weighted by Gasteiger charge is 2.06. The van der Waals surface area contributed by atoms with Gasteiger partial charge in [-0.3, -0.25) is 4.98 Å². The van der Waals surface area contributed by atoms with Crippen molar-refractivity contribution in [3.8, 4) is 0 Å². The van der Waals surface area contributed by atoms with E-state index in [0.29, 0.717) is 6.42 Å². The fraction of sp³-hybridized carbons (Fsp3) is 0.389. The van der Waals surface area contributed by atoms with Crippen LogP contribution < -0.4 is 5.32 Å². The third kappa shape index (κ3) is 4.64. The highest BCUT2D eigenvalue weighted by atomic mass is 19.1. The lowest BCUT2D eigenvalue weighted by Crippen LogP contribution is -2.15. The van der Waals surface area contributed by atoms with Crippen molar-refractivity contribution in [2.75, 3.05) is 6.54 Å². The molecule has 0 aliphatic heterocycles. The molecule has 2 aromatic rings. The quantitative estimate of drug-likeness (QED) is 0.781. The second-order valence-electron chi connectivity index (χ2n) is 5.28. The second kappa shape index (κ2) is 7.89. The standard InChI is InChI=1S/C18H23FN2/c1-3-9-20-13-15-6-7-17(19)10-16(15)11-18-8-5-14(4-2)12-21-18/h5-8,10,12,20H,3-4,9,11,13H2,1-2H3. The van der Waals surface area contributed by atoms with Crippen molar-refractivity contribution in [3.63, 3.8) is 0 Å². The Bertz CT molecular complexity index is 564. The molecule has 1 heterocycles. The van der Waals surface area contributed by atoms with Gasteiger partial charge in [-0.15, -0.1) is 0 Å². The number of benzene rings is 1. The number of nitrogens with one attached hydrogen (secondary N) is 1. The molecule has 0 saturated carbocycles. The Labute approximate surface area is 126 Å². The molecule has 0 bridgehead atoms. The van der Waals surface area contributed by atoms with Gasteiger partial charge in [-0.05, 0) is 54.3 Å². The molecule has 1 N–H and O–H groups in total. The van der Waals surface area contributed by atoms with E-state index < -0.39 is 0 Å². The number of nitrogens with zero attached hydrogens (tertiary/aromatic N) is 1. The van der Waals surface area contributed by atoms with Gasteiger partial charge in [0.05, 0.1) is 0 Å². The van der Waals surface area contributed by atoms with Crippen molar-refractivity contribution in [2.24, 2.45) is 0 Å². The first-order valence-corrected chi connectivity index (χ1v) is 7.64. The minimum absolute atomic E-state index is 0.186. The number of rotatable bonds is 7. The smallest absolute Gasteiger partial charge is 0.123 e. The van der Waals surface area contributed by atoms with Gasteiger partial charge in [-0.25, -0.2) is 4.39 Å². The maximum absolute atomic E-state index is 13.5. The molecular formula is C18H23FN2. The fourth-order valence-corrected chi connectivity index (χ4v) is 2.30. The Morgan fingerprint density at radius 1 is 1.10 bits per heavy atom. The molecule has 21 heavy (non-hydrogen) atoms. The Hall–Kier alpha value is -1.74. The molecule has 0 aliphatic rings. The summed E-state index contributed by atoms with van der Waals surface area (Å²) in [6.07, 6.45) is 4.66. The monoisotopic (exact) mass is 286 g/mol. The molecule has 112 valence electrons. The summed E-state index contributed by atoms with van der Waals surface area (Å²) in [7, 11) is 0. The Morgan fingerprint density at radius 3 is 2.62 bits per heavy atom. The van der Waals surface area contributed by atoms with Crippen molar-refractivity contribution < 1.29 is 4.39 Å². The Morgan fingerprint density at radius 2 is 1.95 bits per heavy atom. The molecule has 0 radical (unpaired) electrons. The topological polar surface area (TPSA) is 24.9 Å². The number of pyridine rings is 1. The predicted molar refractivity (Wildman–Crippen MR) is 84.8 cm³/mol. The lowest BCUT2D eigenvalue weighted by Gasteiger charge is -2.11. The highest BCUT2D eigenvalue weighted by molar-refractivity contribution is 5.32. The van der Waals surface area contributed by atoms with Crippen LogP contribution in [0, 0.1) is 5.82 Å². The average Bonchev–Trinajstić information content (AvgIpc) is 2.50. The summed E-state index contributed by atoms with van der Waals surface area (Å²) >= 11 is 0. The van der Waals surface area contributed by atoms with Crippen molar-refractivity contribution in [1.29, 1.82) is 0 Å². The van der Waals surface area contributed by atoms with Gasteiger partial charge in [0.1, 0.15) is 5.82 Å². The van der Waals surface area contributed by atoms with E-state index >= 15 is 0 Å². The van der Waals surface area contributed by atoms with E-state index in [1.165, 1.54) is 11.6 Å². The maximum Gasteiger partial charge on any atom is 0.123 e. The third-order valence-electron chi connectivity index (χ3n) is 3.58. The van der Waals surface area contributed by atoms with Crippen LogP contribution in [0.2, 0.25) is 0 Å². The van der Waals surface area contributed by atoms with E-state index in [1.54, 1.807) is 6.07 Å². The first-order valence-electron chi connectivity index (χ1n) is 7.64. The van der Waals surface area contributed by atoms with Gasteiger partial charge in [-0.2, -0.15) is 0 Å². The number of halogens is 1. The summed E-state index contributed by atoms with van der Waals surface area (Å²) in [5.41, 5.74) is 4.36. The van der Waals surface area contributed by atoms with Crippen molar-refractivity contribution in [2.45, 2.75) is 39.7 Å². The summed E-state index contributed by atoms with van der Waals surface area (Å²) in [6.45, 7) is 6.00. The van der Waals surface area contributed by atoms with Crippen molar-refractivity contribution in [3.05, 3.63) is 64.7 Å². The van der Waals surface area contributed by atoms with Crippen molar-refractivity contribution >= 4 is 0 Å². The van der Waals surface area contributed by atoms with Gasteiger partial charge in [-0.1, -0.05) is 26.0 Å². The SMILES string of the molecule is CCCNCc1ccc(F)cc1Cc1ccc(CC)cn1. The van der Waals surface area contributed by atoms with Crippen LogP contribution >= 0.6 is 0 Å². The second-order valence-corrected chi connectivity index (χ2v) is 5.28. The summed E-state index contributed by atoms with van der Waals surface area (Å²) in [6, 6.07) is 9.15. The molecule has 2 nitrogen and oxygen atoms in total. The molecular weight excluding hydrogens is 263 g/mol. The molecule has 0 aliphatic carbocycles. The predicted octanol–water partition coefficient (Wildman–Crippen LogP) is 3.87. The fourth-order valence-electron chi connectivity index (χ4n) is 2.30. The first-order chi connectivity index (χ1) is 10.2. The average molecular weight is 286 g/mol. The van der Waals surface area contributed by atoms with E-state index in [9.17, 15) is 4.39 Å². The van der Waals surface area contributed by atoms with Gasteiger partial charge in [0, 0.05) is 24.9 Å². The van der Waals surface area contributed by atoms with E-state index in [2.05, 4.69) is 30.2 Å². The van der Waals surface area contributed by atoms with E-state index in [4.69, 9.17) is 0 Å². The number of hydrogen-bond donors (Lipinski definition) is 1. The van der Waals surface area contributed by atoms with Crippen LogP contribution in [-0.2, 0) is 19.4 Å². The number of aromatic nitrogens is 1. The zero-order valence-corrected chi connectivity index (χ0v) is 12.8. The summed E-state index contributed by atoms with van der Waals surface area (Å²) in [4.78, 5) is 4.47. The Balaban J connectivity index is 2.14. The maximum atomic E-state index is 13.5. The highest BCUT2D eigenvalue weighted by Crippen LogP contribution is 2.16. The van der Waals surface area contributed by atoms with Crippen LogP contribution in [-0.4, -0.2) is 11.5 Å². The minimum Gasteiger partial charge on any atom is -0.313 e. The van der Waals surface area contributed by atoms with E-state index in [0.717, 1.165) is 42.8 Å². The van der Waals surface area contributed by atoms with Crippen LogP contribution in [0.25, 0.3) is 0 Å². The van der Waals surface area contributed by atoms with Crippen molar-refractivity contribution in [1.82, 2.24) is 10.3 Å². The Kier molecular flexibility index (Phi) is 5.88. The molecule has 1 aromatic carbocycles. The molecule has 0 amide bonds. The molecule has 3 heteroatoms. The third-order valence-corrected chi connectivity index (χ3v) is 3.58. The zero-order chi connectivity index (χ0) is 15.1. The number of aryl methyl sites for hydroxylation is 1. The molecule has 1 aromatic heterocycles. The molecule has 0 unspecified atom stereocenters. The van der Waals surface area contributed by atoms with Gasteiger partial charge in [0.15, 0.2) is 0 Å². The summed E-state index contributed by atoms with van der Waals surface area (Å²) in [5.74, 6) is -0.186. The van der Waals surface area contributed by atoms with Gasteiger partial charge >= 0.3 is 0 Å². The molecule has 0 saturated heterocycles. The van der Waals surface area contributed by atoms with E-state index in [1.807, 2.05) is 18.3 Å². The first kappa shape index (κ1) is 15.6. The van der Waals surface area contributed by atoms with Gasteiger partial charge in [0.2, 0.25) is 0 Å². The largest absolute Gasteiger partial charge is 0.313 e. The zero-order valence-electron chi connectivity index (χ0n) is 12.8. The summed E-state index contributed by atoms with van der Waals surface area (Å²) in [5, 5.41) is 3.37. The lowest BCUT2D eigenvalue weighted by molar-refractivity contribution is 0.621. The van der Waals surface area contributed by atoms with Crippen LogP contribution in [0.15, 0.2) is 36.5 Å². The molecule has 0 atom stereocenters.